The second-order valence-electron chi connectivity index (χ2n) is 6.38. The van der Waals surface area contributed by atoms with Crippen molar-refractivity contribution in [3.8, 4) is 17.2 Å². The van der Waals surface area contributed by atoms with E-state index >= 15 is 0 Å². The molecule has 0 aliphatic heterocycles. The summed E-state index contributed by atoms with van der Waals surface area (Å²) in [6.07, 6.45) is 0.411. The molecule has 3 aromatic rings. The Labute approximate surface area is 154 Å². The molecule has 136 valence electrons. The zero-order valence-corrected chi connectivity index (χ0v) is 14.4. The van der Waals surface area contributed by atoms with Crippen molar-refractivity contribution in [2.24, 2.45) is 0 Å². The molecule has 0 saturated heterocycles. The molecule has 0 saturated carbocycles. The van der Waals surface area contributed by atoms with E-state index in [0.29, 0.717) is 12.0 Å². The first-order chi connectivity index (χ1) is 12.9. The van der Waals surface area contributed by atoms with Crippen LogP contribution in [0.3, 0.4) is 0 Å². The van der Waals surface area contributed by atoms with Gasteiger partial charge in [0.1, 0.15) is 34.9 Å². The Morgan fingerprint density at radius 3 is 1.93 bits per heavy atom. The molecule has 0 spiro atoms. The van der Waals surface area contributed by atoms with E-state index in [-0.39, 0.29) is 11.5 Å². The molecular weight excluding hydrogens is 354 g/mol. The van der Waals surface area contributed by atoms with Crippen molar-refractivity contribution in [2.75, 3.05) is 0 Å². The second kappa shape index (κ2) is 7.63. The Balaban J connectivity index is 1.96. The maximum absolute atomic E-state index is 14.5. The van der Waals surface area contributed by atoms with Crippen molar-refractivity contribution in [1.29, 1.82) is 5.26 Å². The molecule has 5 heteroatoms. The highest BCUT2D eigenvalue weighted by molar-refractivity contribution is 5.66. The Morgan fingerprint density at radius 2 is 1.41 bits per heavy atom. The number of hydrogen-bond acceptors (Lipinski definition) is 1. The number of nitrogens with zero attached hydrogens (tertiary/aromatic N) is 1. The first kappa shape index (κ1) is 18.7. The average molecular weight is 369 g/mol. The van der Waals surface area contributed by atoms with Gasteiger partial charge in [-0.1, -0.05) is 37.3 Å². The lowest BCUT2D eigenvalue weighted by molar-refractivity contribution is 0.572. The van der Waals surface area contributed by atoms with E-state index in [1.165, 1.54) is 18.2 Å². The zero-order chi connectivity index (χ0) is 19.6. The highest BCUT2D eigenvalue weighted by Crippen LogP contribution is 2.31. The predicted molar refractivity (Wildman–Crippen MR) is 95.0 cm³/mol. The molecule has 3 aromatic carbocycles. The number of halogens is 4. The summed E-state index contributed by atoms with van der Waals surface area (Å²) in [5.74, 6) is -4.09. The summed E-state index contributed by atoms with van der Waals surface area (Å²) < 4.78 is 56.7. The lowest BCUT2D eigenvalue weighted by atomic mass is 9.92. The van der Waals surface area contributed by atoms with Crippen molar-refractivity contribution in [1.82, 2.24) is 0 Å². The highest BCUT2D eigenvalue weighted by atomic mass is 19.1. The molecule has 0 bridgehead atoms. The zero-order valence-electron chi connectivity index (χ0n) is 14.4. The van der Waals surface area contributed by atoms with Gasteiger partial charge in [-0.25, -0.2) is 17.6 Å². The molecule has 3 rings (SSSR count). The Hall–Kier alpha value is -3.13. The largest absolute Gasteiger partial charge is 0.206 e. The SMILES string of the molecule is C[C@H](Cc1cc(F)c(-c2cc(F)c(C#N)c(F)c2)c(F)c1)c1ccccc1. The molecule has 0 heterocycles. The molecule has 0 amide bonds. The normalized spacial score (nSPS) is 11.9. The summed E-state index contributed by atoms with van der Waals surface area (Å²) in [6.45, 7) is 1.95. The molecule has 0 aromatic heterocycles. The summed E-state index contributed by atoms with van der Waals surface area (Å²) >= 11 is 0. The van der Waals surface area contributed by atoms with E-state index in [4.69, 9.17) is 5.26 Å². The van der Waals surface area contributed by atoms with Gasteiger partial charge in [-0.15, -0.1) is 0 Å². The molecule has 0 unspecified atom stereocenters. The first-order valence-electron chi connectivity index (χ1n) is 8.33. The van der Waals surface area contributed by atoms with Crippen LogP contribution in [0.4, 0.5) is 17.6 Å². The van der Waals surface area contributed by atoms with Gasteiger partial charge in [0, 0.05) is 0 Å². The van der Waals surface area contributed by atoms with Crippen LogP contribution in [0.2, 0.25) is 0 Å². The number of benzene rings is 3. The van der Waals surface area contributed by atoms with E-state index in [0.717, 1.165) is 17.7 Å². The van der Waals surface area contributed by atoms with Gasteiger partial charge in [-0.3, -0.25) is 0 Å². The lowest BCUT2D eigenvalue weighted by Crippen LogP contribution is -2.02. The second-order valence-corrected chi connectivity index (χ2v) is 6.38. The lowest BCUT2D eigenvalue weighted by Gasteiger charge is -2.14. The van der Waals surface area contributed by atoms with Crippen LogP contribution in [-0.4, -0.2) is 0 Å². The fraction of sp³-hybridized carbons (Fsp3) is 0.136. The minimum atomic E-state index is -1.16. The number of nitriles is 1. The summed E-state index contributed by atoms with van der Waals surface area (Å²) in [6, 6.07) is 14.8. The maximum Gasteiger partial charge on any atom is 0.144 e. The summed E-state index contributed by atoms with van der Waals surface area (Å²) in [5, 5.41) is 8.71. The molecule has 0 aliphatic carbocycles. The summed E-state index contributed by atoms with van der Waals surface area (Å²) in [5.41, 5.74) is -0.110. The fourth-order valence-corrected chi connectivity index (χ4v) is 3.10. The van der Waals surface area contributed by atoms with Crippen molar-refractivity contribution in [2.45, 2.75) is 19.3 Å². The third kappa shape index (κ3) is 3.85. The van der Waals surface area contributed by atoms with Crippen LogP contribution in [0.25, 0.3) is 11.1 Å². The van der Waals surface area contributed by atoms with Gasteiger partial charge in [-0.2, -0.15) is 5.26 Å². The van der Waals surface area contributed by atoms with Gasteiger partial charge < -0.3 is 0 Å². The van der Waals surface area contributed by atoms with Crippen LogP contribution in [-0.2, 0) is 6.42 Å². The van der Waals surface area contributed by atoms with Crippen LogP contribution in [0, 0.1) is 34.6 Å². The van der Waals surface area contributed by atoms with Crippen molar-refractivity contribution in [3.05, 3.63) is 94.6 Å². The topological polar surface area (TPSA) is 23.8 Å². The molecule has 1 nitrogen and oxygen atoms in total. The first-order valence-corrected chi connectivity index (χ1v) is 8.33. The number of rotatable bonds is 4. The van der Waals surface area contributed by atoms with E-state index in [1.54, 1.807) is 0 Å². The Kier molecular flexibility index (Phi) is 5.27. The van der Waals surface area contributed by atoms with Crippen molar-refractivity contribution in [3.63, 3.8) is 0 Å². The van der Waals surface area contributed by atoms with E-state index < -0.39 is 34.4 Å². The minimum Gasteiger partial charge on any atom is -0.206 e. The van der Waals surface area contributed by atoms with Crippen molar-refractivity contribution >= 4 is 0 Å². The van der Waals surface area contributed by atoms with Gasteiger partial charge in [0.15, 0.2) is 0 Å². The molecule has 0 aliphatic rings. The number of hydrogen-bond donors (Lipinski definition) is 0. The van der Waals surface area contributed by atoms with Gasteiger partial charge in [0.05, 0.1) is 5.56 Å². The Morgan fingerprint density at radius 1 is 0.852 bits per heavy atom. The van der Waals surface area contributed by atoms with E-state index in [9.17, 15) is 17.6 Å². The molecule has 0 N–H and O–H groups in total. The van der Waals surface area contributed by atoms with Crippen LogP contribution < -0.4 is 0 Å². The predicted octanol–water partition coefficient (Wildman–Crippen LogP) is 6.13. The smallest absolute Gasteiger partial charge is 0.144 e. The van der Waals surface area contributed by atoms with Gasteiger partial charge in [0.25, 0.3) is 0 Å². The fourth-order valence-electron chi connectivity index (χ4n) is 3.10. The molecular formula is C22H15F4N. The third-order valence-corrected chi connectivity index (χ3v) is 4.45. The average Bonchev–Trinajstić information content (AvgIpc) is 2.61. The van der Waals surface area contributed by atoms with E-state index in [1.807, 2.05) is 37.3 Å². The highest BCUT2D eigenvalue weighted by Gasteiger charge is 2.19. The van der Waals surface area contributed by atoms with Crippen LogP contribution in [0.1, 0.15) is 29.5 Å². The minimum absolute atomic E-state index is 0.0423. The molecule has 27 heavy (non-hydrogen) atoms. The molecule has 0 radical (unpaired) electrons. The molecule has 0 fully saturated rings. The van der Waals surface area contributed by atoms with Crippen LogP contribution in [0.5, 0.6) is 0 Å². The Bertz CT molecular complexity index is 976. The van der Waals surface area contributed by atoms with Gasteiger partial charge >= 0.3 is 0 Å². The van der Waals surface area contributed by atoms with Gasteiger partial charge in [0.2, 0.25) is 0 Å². The van der Waals surface area contributed by atoms with Crippen molar-refractivity contribution < 1.29 is 17.6 Å². The summed E-state index contributed by atoms with van der Waals surface area (Å²) in [7, 11) is 0. The third-order valence-electron chi connectivity index (χ3n) is 4.45. The summed E-state index contributed by atoms with van der Waals surface area (Å²) in [4.78, 5) is 0. The maximum atomic E-state index is 14.5. The van der Waals surface area contributed by atoms with Gasteiger partial charge in [-0.05, 0) is 53.3 Å². The van der Waals surface area contributed by atoms with Crippen LogP contribution >= 0.6 is 0 Å². The van der Waals surface area contributed by atoms with E-state index in [2.05, 4.69) is 0 Å². The quantitative estimate of drug-likeness (QED) is 0.508. The van der Waals surface area contributed by atoms with Crippen LogP contribution in [0.15, 0.2) is 54.6 Å². The molecule has 1 atom stereocenters. The monoisotopic (exact) mass is 369 g/mol. The standard InChI is InChI=1S/C22H15F4N/c1-13(15-5-3-2-4-6-15)7-14-8-20(25)22(21(26)9-14)16-10-18(23)17(12-27)19(24)11-16/h2-6,8-11,13H,7H2,1H3/t13-/m1/s1.